The molecule has 1 unspecified atom stereocenters. The minimum Gasteiger partial charge on any atom is -0.777 e. The second-order valence-corrected chi connectivity index (χ2v) is 10.6. The van der Waals surface area contributed by atoms with E-state index in [1.54, 1.807) is 0 Å². The summed E-state index contributed by atoms with van der Waals surface area (Å²) in [4.78, 5) is 0. The van der Waals surface area contributed by atoms with Gasteiger partial charge in [0, 0.05) is 17.7 Å². The molecule has 1 aliphatic rings. The number of fused-ring (bicyclic) bond motifs is 2. The Morgan fingerprint density at radius 1 is 0.500 bits per heavy atom. The lowest BCUT2D eigenvalue weighted by Crippen LogP contribution is -2.59. The highest BCUT2D eigenvalue weighted by molar-refractivity contribution is 7.13. The molecule has 38 heavy (non-hydrogen) atoms. The van der Waals surface area contributed by atoms with Gasteiger partial charge in [-0.25, -0.2) is 0 Å². The van der Waals surface area contributed by atoms with Crippen LogP contribution in [0.3, 0.4) is 0 Å². The van der Waals surface area contributed by atoms with Gasteiger partial charge in [-0.2, -0.15) is 0 Å². The summed E-state index contributed by atoms with van der Waals surface area (Å²) in [5.74, 6) is 1.18. The van der Waals surface area contributed by atoms with Gasteiger partial charge in [0.2, 0.25) is 5.76 Å². The summed E-state index contributed by atoms with van der Waals surface area (Å²) in [5.41, 5.74) is 10.2. The molecule has 0 N–H and O–H groups in total. The fourth-order valence-electron chi connectivity index (χ4n) is 6.47. The summed E-state index contributed by atoms with van der Waals surface area (Å²) in [6, 6.07) is 49.2. The van der Waals surface area contributed by atoms with Gasteiger partial charge < -0.3 is 3.96 Å². The van der Waals surface area contributed by atoms with E-state index >= 15 is 0 Å². The maximum absolute atomic E-state index is 3.70. The van der Waals surface area contributed by atoms with Crippen LogP contribution in [0.5, 0.6) is 0 Å². The Balaban J connectivity index is 1.67. The normalized spacial score (nSPS) is 16.7. The maximum Gasteiger partial charge on any atom is 0.421 e. The van der Waals surface area contributed by atoms with Gasteiger partial charge in [0.05, 0.1) is 0 Å². The maximum atomic E-state index is 3.70. The standard InChI is InChI=1S/C36H29BO/c1-26-14-18-29(19-15-26)35-34-13-8-24-38(34)37(32-11-4-3-5-12-32,33-22-16-27(2)17-23-33)36(35)31-21-20-28-9-6-7-10-30(28)25-31/h3-25H,1-2H3. The van der Waals surface area contributed by atoms with Crippen LogP contribution in [0.4, 0.5) is 0 Å². The van der Waals surface area contributed by atoms with E-state index in [2.05, 4.69) is 158 Å². The van der Waals surface area contributed by atoms with E-state index in [-0.39, 0.29) is 0 Å². The second-order valence-electron chi connectivity index (χ2n) is 10.6. The van der Waals surface area contributed by atoms with E-state index in [9.17, 15) is 0 Å². The molecule has 7 rings (SSSR count). The molecule has 5 aromatic carbocycles. The van der Waals surface area contributed by atoms with Crippen molar-refractivity contribution in [2.45, 2.75) is 13.8 Å². The van der Waals surface area contributed by atoms with Crippen LogP contribution in [0.25, 0.3) is 21.8 Å². The second kappa shape index (κ2) is 8.78. The summed E-state index contributed by atoms with van der Waals surface area (Å²) in [6.45, 7) is 4.31. The first-order chi connectivity index (χ1) is 18.7. The zero-order valence-corrected chi connectivity index (χ0v) is 21.8. The first-order valence-electron chi connectivity index (χ1n) is 13.4. The lowest BCUT2D eigenvalue weighted by molar-refractivity contribution is 0.376. The molecular formula is C36H29BO. The van der Waals surface area contributed by atoms with E-state index in [4.69, 9.17) is 0 Å². The predicted octanol–water partition coefficient (Wildman–Crippen LogP) is 7.86. The molecule has 2 heterocycles. The van der Waals surface area contributed by atoms with Gasteiger partial charge in [-0.15, -0.1) is 10.9 Å². The number of benzene rings is 5. The Bertz CT molecular complexity index is 1810. The summed E-state index contributed by atoms with van der Waals surface area (Å²) in [5, 5.41) is 2.51. The molecule has 182 valence electrons. The largest absolute Gasteiger partial charge is 0.777 e. The van der Waals surface area contributed by atoms with Crippen molar-refractivity contribution in [2.75, 3.05) is 0 Å². The third-order valence-electron chi connectivity index (χ3n) is 8.25. The first-order valence-corrected chi connectivity index (χ1v) is 13.4. The molecule has 0 amide bonds. The van der Waals surface area contributed by atoms with Gasteiger partial charge in [0.15, 0.2) is 6.26 Å². The number of hydrogen-bond donors (Lipinski definition) is 0. The summed E-state index contributed by atoms with van der Waals surface area (Å²) in [7, 11) is 0. The van der Waals surface area contributed by atoms with E-state index < -0.39 is 6.35 Å². The van der Waals surface area contributed by atoms with E-state index in [0.717, 1.165) is 0 Å². The zero-order valence-electron chi connectivity index (χ0n) is 21.8. The summed E-state index contributed by atoms with van der Waals surface area (Å²) in [6.07, 6.45) is 0.617. The van der Waals surface area contributed by atoms with Crippen LogP contribution in [0, 0.1) is 13.8 Å². The molecule has 6 aromatic rings. The summed E-state index contributed by atoms with van der Waals surface area (Å²) >= 11 is 0. The molecule has 0 spiro atoms. The molecule has 0 aliphatic carbocycles. The van der Waals surface area contributed by atoms with Gasteiger partial charge in [-0.05, 0) is 41.8 Å². The zero-order chi connectivity index (χ0) is 25.7. The van der Waals surface area contributed by atoms with Gasteiger partial charge in [-0.3, -0.25) is 0 Å². The fourth-order valence-corrected chi connectivity index (χ4v) is 6.47. The van der Waals surface area contributed by atoms with Crippen LogP contribution in [-0.4, -0.2) is 6.35 Å². The van der Waals surface area contributed by atoms with Crippen LogP contribution in [-0.2, 0) is 0 Å². The Kier molecular flexibility index (Phi) is 5.23. The van der Waals surface area contributed by atoms with Gasteiger partial charge in [0.1, 0.15) is 0 Å². The predicted molar refractivity (Wildman–Crippen MR) is 162 cm³/mol. The lowest BCUT2D eigenvalue weighted by Gasteiger charge is -2.39. The third kappa shape index (κ3) is 3.34. The summed E-state index contributed by atoms with van der Waals surface area (Å²) < 4.78 is 3.70. The van der Waals surface area contributed by atoms with E-state index in [1.165, 1.54) is 60.8 Å². The smallest absolute Gasteiger partial charge is 0.421 e. The molecular weight excluding hydrogens is 459 g/mol. The Labute approximate surface area is 224 Å². The minimum atomic E-state index is -1.58. The van der Waals surface area contributed by atoms with Crippen LogP contribution in [0.2, 0.25) is 0 Å². The lowest BCUT2D eigenvalue weighted by atomic mass is 9.27. The highest BCUT2D eigenvalue weighted by atomic mass is 16.5. The average molecular weight is 488 g/mol. The van der Waals surface area contributed by atoms with Crippen molar-refractivity contribution in [3.05, 3.63) is 168 Å². The molecule has 0 saturated heterocycles. The van der Waals surface area contributed by atoms with Crippen molar-refractivity contribution >= 4 is 39.1 Å². The average Bonchev–Trinajstić information content (AvgIpc) is 3.55. The Hall–Kier alpha value is -4.56. The Morgan fingerprint density at radius 2 is 1.11 bits per heavy atom. The minimum absolute atomic E-state index is 1.18. The molecule has 0 saturated carbocycles. The molecule has 0 fully saturated rings. The fraction of sp³-hybridized carbons (Fsp3) is 0.0556. The van der Waals surface area contributed by atoms with Crippen molar-refractivity contribution < 1.29 is 3.96 Å². The number of aryl methyl sites for hydroxylation is 2. The SMILES string of the molecule is Cc1ccc(C2=C(c3ccc4ccccc4c3)[B-](c3ccccc3)(c3ccc(C)cc3)[o+]3cccc32)cc1. The van der Waals surface area contributed by atoms with Crippen LogP contribution >= 0.6 is 0 Å². The van der Waals surface area contributed by atoms with Gasteiger partial charge >= 0.3 is 6.35 Å². The molecule has 1 atom stereocenters. The van der Waals surface area contributed by atoms with Crippen LogP contribution in [0.1, 0.15) is 28.0 Å². The van der Waals surface area contributed by atoms with Gasteiger partial charge in [-0.1, -0.05) is 132 Å². The van der Waals surface area contributed by atoms with Crippen LogP contribution < -0.4 is 10.9 Å². The molecule has 1 aliphatic heterocycles. The quantitative estimate of drug-likeness (QED) is 0.176. The number of rotatable bonds is 4. The molecule has 2 heteroatoms. The monoisotopic (exact) mass is 488 g/mol. The topological polar surface area (TPSA) is 2.70 Å². The van der Waals surface area contributed by atoms with Crippen molar-refractivity contribution in [3.8, 4) is 0 Å². The van der Waals surface area contributed by atoms with E-state index in [0.29, 0.717) is 0 Å². The van der Waals surface area contributed by atoms with Crippen molar-refractivity contribution in [1.29, 1.82) is 0 Å². The number of hydrogen-bond acceptors (Lipinski definition) is 0. The van der Waals surface area contributed by atoms with Crippen molar-refractivity contribution in [1.82, 2.24) is 0 Å². The molecule has 1 nitrogen and oxygen atoms in total. The third-order valence-corrected chi connectivity index (χ3v) is 8.25. The van der Waals surface area contributed by atoms with Gasteiger partial charge in [0.25, 0.3) is 0 Å². The van der Waals surface area contributed by atoms with E-state index in [1.807, 2.05) is 0 Å². The number of furan rings is 1. The highest BCUT2D eigenvalue weighted by Gasteiger charge is 2.52. The highest BCUT2D eigenvalue weighted by Crippen LogP contribution is 2.49. The molecule has 1 aromatic heterocycles. The molecule has 0 radical (unpaired) electrons. The van der Waals surface area contributed by atoms with Crippen LogP contribution in [0.15, 0.2) is 144 Å². The van der Waals surface area contributed by atoms with Crippen molar-refractivity contribution in [3.63, 3.8) is 0 Å². The molecule has 0 bridgehead atoms. The van der Waals surface area contributed by atoms with Crippen molar-refractivity contribution in [2.24, 2.45) is 0 Å². The first kappa shape index (κ1) is 22.6. The Morgan fingerprint density at radius 3 is 1.84 bits per heavy atom.